The van der Waals surface area contributed by atoms with Crippen LogP contribution in [0.5, 0.6) is 0 Å². The van der Waals surface area contributed by atoms with Crippen molar-refractivity contribution in [2.24, 2.45) is 0 Å². The van der Waals surface area contributed by atoms with Gasteiger partial charge in [-0.3, -0.25) is 4.79 Å². The summed E-state index contributed by atoms with van der Waals surface area (Å²) in [6, 6.07) is 3.53. The molecule has 0 saturated heterocycles. The number of aryl methyl sites for hydroxylation is 1. The van der Waals surface area contributed by atoms with E-state index in [1.807, 2.05) is 19.9 Å². The van der Waals surface area contributed by atoms with Gasteiger partial charge in [-0.15, -0.1) is 0 Å². The van der Waals surface area contributed by atoms with Crippen molar-refractivity contribution in [2.45, 2.75) is 13.8 Å². The number of hydrogen-bond donors (Lipinski definition) is 0. The third-order valence-corrected chi connectivity index (χ3v) is 3.58. The van der Waals surface area contributed by atoms with Crippen LogP contribution in [-0.4, -0.2) is 11.7 Å². The molecule has 0 heterocycles. The Morgan fingerprint density at radius 2 is 2.07 bits per heavy atom. The van der Waals surface area contributed by atoms with Gasteiger partial charge in [-0.25, -0.2) is 0 Å². The summed E-state index contributed by atoms with van der Waals surface area (Å²) in [5.41, 5.74) is 1.42. The van der Waals surface area contributed by atoms with Crippen LogP contribution in [0.2, 0.25) is 10.0 Å². The fourth-order valence-electron chi connectivity index (χ4n) is 1.11. The Morgan fingerprint density at radius 1 is 1.47 bits per heavy atom. The van der Waals surface area contributed by atoms with Gasteiger partial charge in [-0.1, -0.05) is 36.2 Å². The van der Waals surface area contributed by atoms with Crippen LogP contribution in [0.15, 0.2) is 12.1 Å². The first-order valence-electron chi connectivity index (χ1n) is 4.30. The van der Waals surface area contributed by atoms with Crippen LogP contribution in [0.4, 0.5) is 0 Å². The number of carbonyl (C=O) groups excluding carboxylic acids is 1. The molecule has 1 aromatic rings. The fourth-order valence-corrected chi connectivity index (χ4v) is 2.57. The first kappa shape index (κ1) is 15.5. The van der Waals surface area contributed by atoms with Gasteiger partial charge in [0.25, 0.3) is 0 Å². The molecule has 0 aliphatic rings. The van der Waals surface area contributed by atoms with E-state index in [9.17, 15) is 4.79 Å². The van der Waals surface area contributed by atoms with Gasteiger partial charge in [0.15, 0.2) is 5.52 Å². The second-order valence-electron chi connectivity index (χ2n) is 2.91. The Balaban J connectivity index is 0. The maximum absolute atomic E-state index is 11.7. The smallest absolute Gasteiger partial charge is 1.00 e. The largest absolute Gasteiger partial charge is 1.00 e. The summed E-state index contributed by atoms with van der Waals surface area (Å²) in [4.78, 5) is 11.7. The molecular formula is C10H12Cl2LiOP. The molecule has 15 heavy (non-hydrogen) atoms. The summed E-state index contributed by atoms with van der Waals surface area (Å²) in [7, 11) is 0.247. The summed E-state index contributed by atoms with van der Waals surface area (Å²) < 4.78 is 0. The van der Waals surface area contributed by atoms with Gasteiger partial charge in [-0.2, -0.15) is 0 Å². The van der Waals surface area contributed by atoms with Crippen LogP contribution in [0.3, 0.4) is 0 Å². The summed E-state index contributed by atoms with van der Waals surface area (Å²) >= 11 is 12.0. The quantitative estimate of drug-likeness (QED) is 0.588. The molecule has 1 atom stereocenters. The van der Waals surface area contributed by atoms with Gasteiger partial charge in [0.2, 0.25) is 0 Å². The Kier molecular flexibility index (Phi) is 7.18. The van der Waals surface area contributed by atoms with E-state index < -0.39 is 0 Å². The molecular weight excluding hydrogens is 245 g/mol. The van der Waals surface area contributed by atoms with E-state index in [2.05, 4.69) is 0 Å². The van der Waals surface area contributed by atoms with Crippen LogP contribution >= 0.6 is 31.8 Å². The van der Waals surface area contributed by atoms with Crippen molar-refractivity contribution in [3.05, 3.63) is 33.3 Å². The number of carbonyl (C=O) groups is 1. The van der Waals surface area contributed by atoms with Crippen molar-refractivity contribution in [2.75, 3.05) is 6.16 Å². The third-order valence-electron chi connectivity index (χ3n) is 1.85. The van der Waals surface area contributed by atoms with Crippen molar-refractivity contribution in [3.8, 4) is 0 Å². The zero-order valence-electron chi connectivity index (χ0n) is 10.0. The summed E-state index contributed by atoms with van der Waals surface area (Å²) in [6.07, 6.45) is 0.833. The van der Waals surface area contributed by atoms with Crippen molar-refractivity contribution in [1.29, 1.82) is 0 Å². The second-order valence-corrected chi connectivity index (χ2v) is 5.21. The molecule has 0 spiro atoms. The van der Waals surface area contributed by atoms with Gasteiger partial charge in [0, 0.05) is 0 Å². The minimum atomic E-state index is 0. The maximum Gasteiger partial charge on any atom is 1.00 e. The molecule has 1 unspecified atom stereocenters. The maximum atomic E-state index is 11.7. The normalized spacial score (nSPS) is 10.4. The van der Waals surface area contributed by atoms with Gasteiger partial charge >= 0.3 is 18.9 Å². The van der Waals surface area contributed by atoms with E-state index in [1.165, 1.54) is 0 Å². The molecule has 78 valence electrons. The monoisotopic (exact) mass is 256 g/mol. The topological polar surface area (TPSA) is 17.1 Å². The molecule has 5 heteroatoms. The molecule has 1 nitrogen and oxygen atoms in total. The molecule has 0 amide bonds. The number of rotatable bonds is 3. The van der Waals surface area contributed by atoms with Crippen LogP contribution in [0.1, 0.15) is 24.3 Å². The Bertz CT molecular complexity index is 374. The van der Waals surface area contributed by atoms with E-state index in [4.69, 9.17) is 23.2 Å². The van der Waals surface area contributed by atoms with Crippen LogP contribution in [0.25, 0.3) is 0 Å². The van der Waals surface area contributed by atoms with Crippen LogP contribution in [-0.2, 0) is 0 Å². The zero-order valence-corrected chi connectivity index (χ0v) is 11.5. The van der Waals surface area contributed by atoms with Crippen LogP contribution in [0, 0.1) is 6.92 Å². The summed E-state index contributed by atoms with van der Waals surface area (Å²) in [6.45, 7) is 3.83. The standard InChI is InChI=1S/C10H11Cl2OP.Li.H/c1-3-14-10(13)8-7(11)5-4-6(2)9(8)12;;/h4-5,14H,3H2,1-2H3;;/q;+1;-1. The van der Waals surface area contributed by atoms with E-state index in [1.54, 1.807) is 6.07 Å². The van der Waals surface area contributed by atoms with E-state index in [0.717, 1.165) is 11.7 Å². The van der Waals surface area contributed by atoms with Crippen molar-refractivity contribution in [1.82, 2.24) is 0 Å². The molecule has 0 aliphatic carbocycles. The first-order chi connectivity index (χ1) is 6.57. The van der Waals surface area contributed by atoms with Gasteiger partial charge in [0.1, 0.15) is 0 Å². The average molecular weight is 257 g/mol. The van der Waals surface area contributed by atoms with E-state index in [-0.39, 0.29) is 34.4 Å². The molecule has 0 bridgehead atoms. The van der Waals surface area contributed by atoms with Crippen molar-refractivity contribution in [3.63, 3.8) is 0 Å². The van der Waals surface area contributed by atoms with Gasteiger partial charge < -0.3 is 1.43 Å². The first-order valence-corrected chi connectivity index (χ1v) is 6.27. The fraction of sp³-hybridized carbons (Fsp3) is 0.300. The Morgan fingerprint density at radius 3 is 2.60 bits per heavy atom. The van der Waals surface area contributed by atoms with E-state index >= 15 is 0 Å². The average Bonchev–Trinajstić information content (AvgIpc) is 2.13. The Labute approximate surface area is 115 Å². The van der Waals surface area contributed by atoms with Gasteiger partial charge in [-0.05, 0) is 33.3 Å². The molecule has 0 saturated carbocycles. The summed E-state index contributed by atoms with van der Waals surface area (Å²) in [5, 5.41) is 0.940. The number of hydrogen-bond acceptors (Lipinski definition) is 1. The summed E-state index contributed by atoms with van der Waals surface area (Å²) in [5.74, 6) is 0. The number of halogens is 2. The van der Waals surface area contributed by atoms with Crippen molar-refractivity contribution >= 4 is 37.3 Å². The SMILES string of the molecule is CCPC(=O)c1c(Cl)ccc(C)c1Cl.[H-].[Li+]. The minimum Gasteiger partial charge on any atom is -1.00 e. The molecule has 0 radical (unpaired) electrons. The predicted octanol–water partition coefficient (Wildman–Crippen LogP) is 1.26. The Hall–Kier alpha value is 0.497. The van der Waals surface area contributed by atoms with Crippen LogP contribution < -0.4 is 18.9 Å². The second kappa shape index (κ2) is 6.95. The molecule has 0 aliphatic heterocycles. The number of benzene rings is 1. The van der Waals surface area contributed by atoms with E-state index in [0.29, 0.717) is 15.6 Å². The molecule has 1 aromatic carbocycles. The third kappa shape index (κ3) is 3.77. The van der Waals surface area contributed by atoms with Gasteiger partial charge in [0.05, 0.1) is 15.6 Å². The molecule has 0 aromatic heterocycles. The molecule has 0 fully saturated rings. The molecule has 1 rings (SSSR count). The minimum absolute atomic E-state index is 0. The predicted molar refractivity (Wildman–Crippen MR) is 65.5 cm³/mol. The zero-order chi connectivity index (χ0) is 10.7. The van der Waals surface area contributed by atoms with Crippen molar-refractivity contribution < 1.29 is 25.1 Å². The molecule has 0 N–H and O–H groups in total.